The number of fused-ring (bicyclic) bond motifs is 1. The molecule has 27 heavy (non-hydrogen) atoms. The molecule has 7 nitrogen and oxygen atoms in total. The van der Waals surface area contributed by atoms with Gasteiger partial charge in [-0.25, -0.2) is 4.98 Å². The number of aromatic nitrogens is 4. The van der Waals surface area contributed by atoms with Crippen molar-refractivity contribution in [3.63, 3.8) is 0 Å². The Morgan fingerprint density at radius 2 is 1.96 bits per heavy atom. The summed E-state index contributed by atoms with van der Waals surface area (Å²) in [4.78, 5) is 20.7. The first-order chi connectivity index (χ1) is 13.2. The maximum Gasteiger partial charge on any atom is 0.277 e. The number of nitriles is 1. The van der Waals surface area contributed by atoms with Gasteiger partial charge in [-0.3, -0.25) is 9.89 Å². The Bertz CT molecular complexity index is 1160. The van der Waals surface area contributed by atoms with Gasteiger partial charge >= 0.3 is 0 Å². The highest BCUT2D eigenvalue weighted by Crippen LogP contribution is 2.24. The van der Waals surface area contributed by atoms with Gasteiger partial charge in [-0.1, -0.05) is 12.1 Å². The topological polar surface area (TPSA) is 99.5 Å². The Labute approximate surface area is 154 Å². The first-order valence-corrected chi connectivity index (χ1v) is 8.51. The van der Waals surface area contributed by atoms with Crippen LogP contribution in [0.5, 0.6) is 5.75 Å². The Kier molecular flexibility index (Phi) is 4.22. The summed E-state index contributed by atoms with van der Waals surface area (Å²) in [5, 5.41) is 12.1. The number of hydrogen-bond donors (Lipinski definition) is 2. The van der Waals surface area contributed by atoms with Gasteiger partial charge in [0, 0.05) is 17.5 Å². The number of imidazole rings is 1. The molecule has 4 rings (SSSR count). The molecule has 134 valence electrons. The molecule has 0 unspecified atom stereocenters. The number of hydrogen-bond acceptors (Lipinski definition) is 4. The van der Waals surface area contributed by atoms with E-state index in [1.807, 2.05) is 48.5 Å². The second-order valence-electron chi connectivity index (χ2n) is 6.07. The van der Waals surface area contributed by atoms with Gasteiger partial charge in [0.25, 0.3) is 5.56 Å². The predicted molar refractivity (Wildman–Crippen MR) is 102 cm³/mol. The van der Waals surface area contributed by atoms with Crippen LogP contribution in [0.2, 0.25) is 0 Å². The number of methoxy groups -OCH3 is 1. The minimum absolute atomic E-state index is 0.213. The smallest absolute Gasteiger partial charge is 0.277 e. The summed E-state index contributed by atoms with van der Waals surface area (Å²) in [6.07, 6.45) is 0.622. The van der Waals surface area contributed by atoms with Gasteiger partial charge < -0.3 is 9.72 Å². The molecule has 0 spiro atoms. The lowest BCUT2D eigenvalue weighted by atomic mass is 10.0. The predicted octanol–water partition coefficient (Wildman–Crippen LogP) is 3.17. The van der Waals surface area contributed by atoms with Crippen LogP contribution in [0.4, 0.5) is 0 Å². The van der Waals surface area contributed by atoms with Crippen molar-refractivity contribution >= 4 is 11.0 Å². The molecule has 0 saturated heterocycles. The lowest BCUT2D eigenvalue weighted by Gasteiger charge is -2.03. The van der Waals surface area contributed by atoms with Gasteiger partial charge in [-0.05, 0) is 42.8 Å². The van der Waals surface area contributed by atoms with E-state index in [0.717, 1.165) is 22.3 Å². The zero-order valence-corrected chi connectivity index (χ0v) is 14.7. The van der Waals surface area contributed by atoms with E-state index in [9.17, 15) is 4.79 Å². The first kappa shape index (κ1) is 16.7. The minimum atomic E-state index is -0.213. The van der Waals surface area contributed by atoms with Crippen molar-refractivity contribution < 1.29 is 4.74 Å². The molecule has 0 atom stereocenters. The van der Waals surface area contributed by atoms with Crippen LogP contribution in [0.25, 0.3) is 28.2 Å². The summed E-state index contributed by atoms with van der Waals surface area (Å²) in [5.41, 5.74) is 3.49. The second kappa shape index (κ2) is 6.84. The van der Waals surface area contributed by atoms with Gasteiger partial charge in [-0.2, -0.15) is 9.94 Å². The van der Waals surface area contributed by atoms with Crippen LogP contribution >= 0.6 is 0 Å². The van der Waals surface area contributed by atoms with Crippen molar-refractivity contribution in [1.29, 1.82) is 5.26 Å². The molecule has 4 aromatic rings. The fraction of sp³-hybridized carbons (Fsp3) is 0.150. The van der Waals surface area contributed by atoms with Crippen molar-refractivity contribution in [2.45, 2.75) is 12.8 Å². The Balaban J connectivity index is 1.86. The van der Waals surface area contributed by atoms with Crippen LogP contribution in [-0.4, -0.2) is 26.9 Å². The summed E-state index contributed by atoms with van der Waals surface area (Å²) < 4.78 is 6.59. The van der Waals surface area contributed by atoms with Crippen molar-refractivity contribution in [1.82, 2.24) is 19.7 Å². The molecule has 2 aromatic carbocycles. The third-order valence-corrected chi connectivity index (χ3v) is 4.44. The van der Waals surface area contributed by atoms with Crippen LogP contribution < -0.4 is 10.3 Å². The lowest BCUT2D eigenvalue weighted by molar-refractivity contribution is 0.415. The number of nitrogens with zero attached hydrogens (tertiary/aromatic N) is 3. The summed E-state index contributed by atoms with van der Waals surface area (Å²) in [7, 11) is 1.60. The second-order valence-corrected chi connectivity index (χ2v) is 6.07. The highest BCUT2D eigenvalue weighted by Gasteiger charge is 2.18. The molecule has 2 N–H and O–H groups in total. The maximum absolute atomic E-state index is 13.0. The number of para-hydroxylation sites is 2. The molecule has 7 heteroatoms. The summed E-state index contributed by atoms with van der Waals surface area (Å²) in [6, 6.07) is 17.1. The highest BCUT2D eigenvalue weighted by molar-refractivity contribution is 5.76. The van der Waals surface area contributed by atoms with E-state index in [2.05, 4.69) is 21.1 Å². The molecular weight excluding hydrogens is 342 g/mol. The summed E-state index contributed by atoms with van der Waals surface area (Å²) >= 11 is 0. The fourth-order valence-corrected chi connectivity index (χ4v) is 3.08. The maximum atomic E-state index is 13.0. The quantitative estimate of drug-likeness (QED) is 0.571. The molecule has 0 aliphatic rings. The summed E-state index contributed by atoms with van der Waals surface area (Å²) in [5.74, 6) is 1.15. The van der Waals surface area contributed by atoms with Gasteiger partial charge in [0.05, 0.1) is 29.9 Å². The van der Waals surface area contributed by atoms with Crippen molar-refractivity contribution in [2.24, 2.45) is 0 Å². The molecule has 0 saturated carbocycles. The molecular formula is C20H17N5O2. The third kappa shape index (κ3) is 2.98. The number of nitrogens with one attached hydrogen (secondary N) is 2. The monoisotopic (exact) mass is 359 g/mol. The van der Waals surface area contributed by atoms with Crippen molar-refractivity contribution in [2.75, 3.05) is 7.11 Å². The van der Waals surface area contributed by atoms with E-state index in [1.54, 1.807) is 7.11 Å². The van der Waals surface area contributed by atoms with Crippen LogP contribution in [0.15, 0.2) is 53.3 Å². The number of H-pyrrole nitrogens is 2. The zero-order chi connectivity index (χ0) is 18.8. The average Bonchev–Trinajstić information content (AvgIpc) is 3.27. The molecule has 2 heterocycles. The van der Waals surface area contributed by atoms with E-state index in [4.69, 9.17) is 10.00 Å². The van der Waals surface area contributed by atoms with Crippen LogP contribution in [-0.2, 0) is 6.42 Å². The number of aromatic amines is 2. The third-order valence-electron chi connectivity index (χ3n) is 4.44. The zero-order valence-electron chi connectivity index (χ0n) is 14.7. The molecule has 0 aliphatic heterocycles. The van der Waals surface area contributed by atoms with Gasteiger partial charge in [-0.15, -0.1) is 0 Å². The average molecular weight is 359 g/mol. The molecule has 0 fully saturated rings. The van der Waals surface area contributed by atoms with E-state index >= 15 is 0 Å². The van der Waals surface area contributed by atoms with Gasteiger partial charge in [0.2, 0.25) is 5.95 Å². The van der Waals surface area contributed by atoms with E-state index in [-0.39, 0.29) is 12.0 Å². The van der Waals surface area contributed by atoms with Crippen molar-refractivity contribution in [3.8, 4) is 29.0 Å². The van der Waals surface area contributed by atoms with Gasteiger partial charge in [0.1, 0.15) is 5.75 Å². The van der Waals surface area contributed by atoms with E-state index in [1.165, 1.54) is 4.68 Å². The number of ether oxygens (including phenoxy) is 1. The summed E-state index contributed by atoms with van der Waals surface area (Å²) in [6.45, 7) is 0. The number of benzene rings is 2. The Morgan fingerprint density at radius 1 is 1.19 bits per heavy atom. The van der Waals surface area contributed by atoms with Crippen LogP contribution in [0.1, 0.15) is 12.0 Å². The largest absolute Gasteiger partial charge is 0.497 e. The van der Waals surface area contributed by atoms with Crippen LogP contribution in [0.3, 0.4) is 0 Å². The first-order valence-electron chi connectivity index (χ1n) is 8.51. The molecule has 0 bridgehead atoms. The van der Waals surface area contributed by atoms with Crippen molar-refractivity contribution in [3.05, 3.63) is 64.4 Å². The Morgan fingerprint density at radius 3 is 2.67 bits per heavy atom. The van der Waals surface area contributed by atoms with E-state index < -0.39 is 0 Å². The minimum Gasteiger partial charge on any atom is -0.497 e. The fourth-order valence-electron chi connectivity index (χ4n) is 3.08. The van der Waals surface area contributed by atoms with Crippen LogP contribution in [0, 0.1) is 11.3 Å². The molecule has 0 radical (unpaired) electrons. The Hall–Kier alpha value is -3.79. The SMILES string of the molecule is COc1ccc(-c2[nH]n(-c3nc4ccccc4[nH]3)c(=O)c2CCC#N)cc1. The normalized spacial score (nSPS) is 10.8. The molecule has 2 aromatic heterocycles. The van der Waals surface area contributed by atoms with Gasteiger partial charge in [0.15, 0.2) is 0 Å². The number of rotatable bonds is 5. The standard InChI is InChI=1S/C20H17N5O2/c1-27-14-10-8-13(9-11-14)18-15(5-4-12-21)19(26)25(24-18)20-22-16-6-2-3-7-17(16)23-20/h2-3,6-11,24H,4-5H2,1H3,(H,22,23). The van der Waals surface area contributed by atoms with E-state index in [0.29, 0.717) is 23.6 Å². The molecule has 0 amide bonds. The highest BCUT2D eigenvalue weighted by atomic mass is 16.5. The molecule has 0 aliphatic carbocycles. The lowest BCUT2D eigenvalue weighted by Crippen LogP contribution is -2.18.